The minimum absolute atomic E-state index is 0.595. The summed E-state index contributed by atoms with van der Waals surface area (Å²) < 4.78 is 1.02. The lowest BCUT2D eigenvalue weighted by molar-refractivity contribution is 1.08. The van der Waals surface area contributed by atoms with Crippen LogP contribution < -0.4 is 10.6 Å². The monoisotopic (exact) mass is 318 g/mol. The largest absolute Gasteiger partial charge is 0.351 e. The first-order valence-corrected chi connectivity index (χ1v) is 6.70. The Hall–Kier alpha value is -1.88. The Morgan fingerprint density at radius 2 is 2.16 bits per heavy atom. The fraction of sp³-hybridized carbons (Fsp3) is 0.143. The van der Waals surface area contributed by atoms with E-state index in [0.717, 1.165) is 21.7 Å². The topological polar surface area (TPSA) is 49.8 Å². The van der Waals surface area contributed by atoms with Crippen LogP contribution in [0, 0.1) is 6.92 Å². The van der Waals surface area contributed by atoms with E-state index in [1.54, 1.807) is 6.08 Å². The summed E-state index contributed by atoms with van der Waals surface area (Å²) >= 11 is 3.44. The standard InChI is InChI=1S/C14H15BrN4/c1-3-7-16-14-17-10(2)8-13(19-14)18-12-6-4-5-11(15)9-12/h3-6,8-9H,1,7H2,2H3,(H2,16,17,18,19). The predicted molar refractivity (Wildman–Crippen MR) is 82.9 cm³/mol. The number of hydrogen-bond donors (Lipinski definition) is 2. The summed E-state index contributed by atoms with van der Waals surface area (Å²) in [5.41, 5.74) is 1.88. The summed E-state index contributed by atoms with van der Waals surface area (Å²) in [7, 11) is 0. The molecule has 0 radical (unpaired) electrons. The van der Waals surface area contributed by atoms with Gasteiger partial charge >= 0.3 is 0 Å². The Morgan fingerprint density at radius 1 is 1.32 bits per heavy atom. The summed E-state index contributed by atoms with van der Waals surface area (Å²) in [6, 6.07) is 9.83. The second kappa shape index (κ2) is 6.33. The summed E-state index contributed by atoms with van der Waals surface area (Å²) in [4.78, 5) is 8.71. The number of hydrogen-bond acceptors (Lipinski definition) is 4. The van der Waals surface area contributed by atoms with Crippen molar-refractivity contribution in [2.24, 2.45) is 0 Å². The number of benzene rings is 1. The zero-order valence-electron chi connectivity index (χ0n) is 10.7. The van der Waals surface area contributed by atoms with Gasteiger partial charge in [0.2, 0.25) is 5.95 Å². The minimum Gasteiger partial charge on any atom is -0.351 e. The van der Waals surface area contributed by atoms with Crippen molar-refractivity contribution >= 4 is 33.4 Å². The van der Waals surface area contributed by atoms with Crippen molar-refractivity contribution < 1.29 is 0 Å². The molecule has 4 nitrogen and oxygen atoms in total. The van der Waals surface area contributed by atoms with Crippen LogP contribution >= 0.6 is 15.9 Å². The van der Waals surface area contributed by atoms with Crippen LogP contribution in [0.25, 0.3) is 0 Å². The number of anilines is 3. The average molecular weight is 319 g/mol. The second-order valence-corrected chi connectivity index (χ2v) is 4.94. The van der Waals surface area contributed by atoms with Crippen LogP contribution in [0.1, 0.15) is 5.69 Å². The Labute approximate surface area is 121 Å². The fourth-order valence-corrected chi connectivity index (χ4v) is 1.99. The van der Waals surface area contributed by atoms with Crippen LogP contribution in [0.5, 0.6) is 0 Å². The van der Waals surface area contributed by atoms with Crippen LogP contribution in [-0.4, -0.2) is 16.5 Å². The Morgan fingerprint density at radius 3 is 2.89 bits per heavy atom. The van der Waals surface area contributed by atoms with E-state index in [1.165, 1.54) is 0 Å². The van der Waals surface area contributed by atoms with E-state index in [1.807, 2.05) is 37.3 Å². The lowest BCUT2D eigenvalue weighted by Gasteiger charge is -2.09. The molecule has 0 unspecified atom stereocenters. The highest BCUT2D eigenvalue weighted by molar-refractivity contribution is 9.10. The molecule has 0 saturated heterocycles. The quantitative estimate of drug-likeness (QED) is 0.821. The Bertz CT molecular complexity index is 583. The highest BCUT2D eigenvalue weighted by atomic mass is 79.9. The van der Waals surface area contributed by atoms with Gasteiger partial charge in [-0.3, -0.25) is 0 Å². The molecular formula is C14H15BrN4. The maximum Gasteiger partial charge on any atom is 0.225 e. The van der Waals surface area contributed by atoms with Crippen LogP contribution in [0.15, 0.2) is 47.5 Å². The average Bonchev–Trinajstić information content (AvgIpc) is 2.35. The number of aryl methyl sites for hydroxylation is 1. The van der Waals surface area contributed by atoms with E-state index < -0.39 is 0 Å². The van der Waals surface area contributed by atoms with Crippen molar-refractivity contribution in [3.63, 3.8) is 0 Å². The molecule has 5 heteroatoms. The summed E-state index contributed by atoms with van der Waals surface area (Å²) in [5, 5.41) is 6.34. The van der Waals surface area contributed by atoms with Gasteiger partial charge in [0.05, 0.1) is 0 Å². The first-order valence-electron chi connectivity index (χ1n) is 5.90. The first-order chi connectivity index (χ1) is 9.17. The van der Waals surface area contributed by atoms with Gasteiger partial charge in [-0.15, -0.1) is 6.58 Å². The van der Waals surface area contributed by atoms with E-state index in [-0.39, 0.29) is 0 Å². The van der Waals surface area contributed by atoms with E-state index in [4.69, 9.17) is 0 Å². The van der Waals surface area contributed by atoms with Crippen molar-refractivity contribution in [3.8, 4) is 0 Å². The molecule has 1 aromatic heterocycles. The number of aromatic nitrogens is 2. The molecule has 0 atom stereocenters. The zero-order chi connectivity index (χ0) is 13.7. The van der Waals surface area contributed by atoms with Gasteiger partial charge in [0.25, 0.3) is 0 Å². The lowest BCUT2D eigenvalue weighted by atomic mass is 10.3. The maximum absolute atomic E-state index is 4.40. The van der Waals surface area contributed by atoms with Gasteiger partial charge < -0.3 is 10.6 Å². The third-order valence-corrected chi connectivity index (χ3v) is 2.85. The molecular weight excluding hydrogens is 304 g/mol. The van der Waals surface area contributed by atoms with E-state index in [9.17, 15) is 0 Å². The highest BCUT2D eigenvalue weighted by Crippen LogP contribution is 2.20. The van der Waals surface area contributed by atoms with Gasteiger partial charge in [0.15, 0.2) is 0 Å². The molecule has 1 heterocycles. The molecule has 2 rings (SSSR count). The number of nitrogens with zero attached hydrogens (tertiary/aromatic N) is 2. The van der Waals surface area contributed by atoms with Gasteiger partial charge in [0.1, 0.15) is 5.82 Å². The molecule has 19 heavy (non-hydrogen) atoms. The van der Waals surface area contributed by atoms with Gasteiger partial charge in [-0.25, -0.2) is 4.98 Å². The molecule has 1 aromatic carbocycles. The Kier molecular flexibility index (Phi) is 4.52. The smallest absolute Gasteiger partial charge is 0.225 e. The molecule has 0 spiro atoms. The molecule has 0 aliphatic heterocycles. The molecule has 98 valence electrons. The van der Waals surface area contributed by atoms with Crippen LogP contribution in [0.2, 0.25) is 0 Å². The van der Waals surface area contributed by atoms with Crippen molar-refractivity contribution in [3.05, 3.63) is 53.2 Å². The molecule has 0 amide bonds. The van der Waals surface area contributed by atoms with Crippen molar-refractivity contribution in [2.45, 2.75) is 6.92 Å². The van der Waals surface area contributed by atoms with E-state index >= 15 is 0 Å². The highest BCUT2D eigenvalue weighted by Gasteiger charge is 2.02. The van der Waals surface area contributed by atoms with Crippen molar-refractivity contribution in [1.82, 2.24) is 9.97 Å². The van der Waals surface area contributed by atoms with Crippen LogP contribution in [0.3, 0.4) is 0 Å². The molecule has 0 aliphatic carbocycles. The third-order valence-electron chi connectivity index (χ3n) is 2.36. The number of halogens is 1. The Balaban J connectivity index is 2.19. The molecule has 2 N–H and O–H groups in total. The van der Waals surface area contributed by atoms with Gasteiger partial charge in [0, 0.05) is 28.5 Å². The SMILES string of the molecule is C=CCNc1nc(C)cc(Nc2cccc(Br)c2)n1. The lowest BCUT2D eigenvalue weighted by Crippen LogP contribution is -2.05. The molecule has 2 aromatic rings. The van der Waals surface area contributed by atoms with E-state index in [0.29, 0.717) is 12.5 Å². The minimum atomic E-state index is 0.595. The normalized spacial score (nSPS) is 10.0. The van der Waals surface area contributed by atoms with Crippen molar-refractivity contribution in [2.75, 3.05) is 17.2 Å². The summed E-state index contributed by atoms with van der Waals surface area (Å²) in [5.74, 6) is 1.36. The summed E-state index contributed by atoms with van der Waals surface area (Å²) in [6.07, 6.45) is 1.77. The summed E-state index contributed by atoms with van der Waals surface area (Å²) in [6.45, 7) is 6.24. The molecule has 0 fully saturated rings. The number of nitrogens with one attached hydrogen (secondary N) is 2. The zero-order valence-corrected chi connectivity index (χ0v) is 12.2. The molecule has 0 saturated carbocycles. The third kappa shape index (κ3) is 4.06. The van der Waals surface area contributed by atoms with Gasteiger partial charge in [-0.2, -0.15) is 4.98 Å². The second-order valence-electron chi connectivity index (χ2n) is 4.02. The van der Waals surface area contributed by atoms with Gasteiger partial charge in [-0.05, 0) is 25.1 Å². The fourth-order valence-electron chi connectivity index (χ4n) is 1.59. The molecule has 0 aliphatic rings. The first kappa shape index (κ1) is 13.5. The van der Waals surface area contributed by atoms with E-state index in [2.05, 4.69) is 43.1 Å². The maximum atomic E-state index is 4.40. The van der Waals surface area contributed by atoms with Crippen LogP contribution in [-0.2, 0) is 0 Å². The molecule has 0 bridgehead atoms. The predicted octanol–water partition coefficient (Wildman–Crippen LogP) is 3.89. The number of rotatable bonds is 5. The van der Waals surface area contributed by atoms with Crippen LogP contribution in [0.4, 0.5) is 17.5 Å². The van der Waals surface area contributed by atoms with Crippen molar-refractivity contribution in [1.29, 1.82) is 0 Å². The van der Waals surface area contributed by atoms with Gasteiger partial charge in [-0.1, -0.05) is 28.1 Å².